The van der Waals surface area contributed by atoms with Gasteiger partial charge in [-0.15, -0.1) is 0 Å². The molecule has 0 aromatic heterocycles. The second-order valence-electron chi connectivity index (χ2n) is 9.88. The summed E-state index contributed by atoms with van der Waals surface area (Å²) in [4.78, 5) is 4.81. The molecule has 1 aliphatic rings. The van der Waals surface area contributed by atoms with E-state index in [4.69, 9.17) is 0 Å². The van der Waals surface area contributed by atoms with Crippen LogP contribution < -0.4 is 9.80 Å². The van der Waals surface area contributed by atoms with Gasteiger partial charge < -0.3 is 9.80 Å². The Morgan fingerprint density at radius 1 is 0.771 bits per heavy atom. The Hall–Kier alpha value is -2.45. The maximum absolute atomic E-state index is 4.49. The maximum Gasteiger partial charge on any atom is 0.0146 e. The number of benzene rings is 3. The van der Waals surface area contributed by atoms with E-state index in [0.29, 0.717) is 6.10 Å². The van der Waals surface area contributed by atoms with Crippen molar-refractivity contribution in [3.05, 3.63) is 94.1 Å². The molecule has 3 aromatic rings. The summed E-state index contributed by atoms with van der Waals surface area (Å²) in [6.07, 6.45) is 0.359. The van der Waals surface area contributed by atoms with Crippen molar-refractivity contribution in [1.29, 1.82) is 0 Å². The first kappa shape index (κ1) is 27.1. The van der Waals surface area contributed by atoms with E-state index in [1.165, 1.54) is 50.3 Å². The van der Waals surface area contributed by atoms with Gasteiger partial charge in [0.2, 0.25) is 0 Å². The molecule has 4 rings (SSSR count). The summed E-state index contributed by atoms with van der Waals surface area (Å²) in [6.45, 7) is 21.7. The molecule has 3 nitrogen and oxygen atoms in total. The summed E-state index contributed by atoms with van der Waals surface area (Å²) in [6, 6.07) is 17.3. The average Bonchev–Trinajstić information content (AvgIpc) is 3.21. The van der Waals surface area contributed by atoms with E-state index in [9.17, 15) is 0 Å². The van der Waals surface area contributed by atoms with Gasteiger partial charge >= 0.3 is 82.7 Å². The van der Waals surface area contributed by atoms with Crippen LogP contribution in [0.3, 0.4) is 0 Å². The van der Waals surface area contributed by atoms with E-state index in [-0.39, 0.29) is 0 Å². The largest absolute Gasteiger partial charge is 0.502 e. The number of aryl methyl sites for hydroxylation is 6. The molecule has 1 N–H and O–H groups in total. The first-order chi connectivity index (χ1) is 16.6. The molecule has 1 aliphatic heterocycles. The zero-order valence-corrected chi connectivity index (χ0v) is 24.2. The Kier molecular flexibility index (Phi) is 9.30. The van der Waals surface area contributed by atoms with Crippen molar-refractivity contribution in [2.75, 3.05) is 22.9 Å². The number of hydrogen-bond donors (Lipinski definition) is 0. The predicted molar refractivity (Wildman–Crippen MR) is 149 cm³/mol. The second kappa shape index (κ2) is 12.0. The first-order valence-corrected chi connectivity index (χ1v) is 13.4. The van der Waals surface area contributed by atoms with Crippen LogP contribution in [0.15, 0.2) is 48.5 Å². The molecule has 0 spiro atoms. The van der Waals surface area contributed by atoms with Crippen LogP contribution in [-0.4, -0.2) is 28.5 Å². The van der Waals surface area contributed by atoms with Gasteiger partial charge in [0, 0.05) is 24.5 Å². The van der Waals surface area contributed by atoms with Crippen LogP contribution in [-0.2, 0) is 17.9 Å². The van der Waals surface area contributed by atoms with Crippen molar-refractivity contribution in [3.8, 4) is 5.75 Å². The monoisotopic (exact) mass is 558 g/mol. The van der Waals surface area contributed by atoms with E-state index in [0.717, 1.165) is 18.8 Å². The predicted octanol–water partition coefficient (Wildman–Crippen LogP) is 7.02. The van der Waals surface area contributed by atoms with Crippen molar-refractivity contribution < 1.29 is 22.6 Å². The van der Waals surface area contributed by atoms with Gasteiger partial charge in [-0.1, -0.05) is 35.4 Å². The van der Waals surface area contributed by atoms with Crippen LogP contribution in [0.1, 0.15) is 52.8 Å². The third kappa shape index (κ3) is 6.82. The van der Waals surface area contributed by atoms with Gasteiger partial charge in [-0.05, 0) is 63.8 Å². The van der Waals surface area contributed by atoms with Crippen LogP contribution in [0, 0.1) is 48.2 Å². The molecule has 0 unspecified atom stereocenters. The van der Waals surface area contributed by atoms with Crippen molar-refractivity contribution in [2.45, 2.75) is 61.5 Å². The number of ether oxygens (including phenoxy) is 1. The van der Waals surface area contributed by atoms with E-state index in [2.05, 4.69) is 125 Å². The van der Waals surface area contributed by atoms with E-state index in [1.54, 1.807) is 0 Å². The molecule has 1 fully saturated rings. The third-order valence-corrected chi connectivity index (χ3v) is 6.69. The molecule has 1 heterocycles. The molecule has 0 bridgehead atoms. The number of hydrogen-bond acceptors (Lipinski definition) is 2. The van der Waals surface area contributed by atoms with Gasteiger partial charge in [0.15, 0.2) is 0 Å². The molecule has 0 amide bonds. The minimum absolute atomic E-state index is 0.359. The van der Waals surface area contributed by atoms with Crippen molar-refractivity contribution in [2.24, 2.45) is 0 Å². The Morgan fingerprint density at radius 2 is 1.20 bits per heavy atom. The molecular formula is C31H40N2ORu+. The van der Waals surface area contributed by atoms with Gasteiger partial charge in [0.25, 0.3) is 0 Å². The van der Waals surface area contributed by atoms with Gasteiger partial charge in [0.1, 0.15) is 0 Å². The average molecular weight is 558 g/mol. The molecular weight excluding hydrogens is 517 g/mol. The number of anilines is 2. The standard InChI is InChI=1S/C21H27N2.C10H12O.Ru/c1-14-9-16(3)20(17(4)10-14)22-7-8-23(13-22)21-18(5)11-15(2)12-19(21)6;1-8(2)11-10-7-5-4-6-9(10)3;/h9-13H,7-8H2,1-6H3;3-8H,1-2H3;/q-1;;+1/p+1. The fourth-order valence-electron chi connectivity index (χ4n) is 5.06. The van der Waals surface area contributed by atoms with Gasteiger partial charge in [-0.25, -0.2) is 0 Å². The Balaban J connectivity index is 0.000000241. The van der Waals surface area contributed by atoms with Crippen LogP contribution in [0.25, 0.3) is 0 Å². The van der Waals surface area contributed by atoms with Crippen LogP contribution in [0.5, 0.6) is 5.75 Å². The topological polar surface area (TPSA) is 19.3 Å². The minimum Gasteiger partial charge on any atom is -0.502 e. The summed E-state index contributed by atoms with van der Waals surface area (Å²) >= 11 is 2.51. The number of aliphatic hydroxyl groups is 1. The zero-order chi connectivity index (χ0) is 25.7. The summed E-state index contributed by atoms with van der Waals surface area (Å²) < 4.78 is 6.50. The van der Waals surface area contributed by atoms with Crippen molar-refractivity contribution in [1.82, 2.24) is 0 Å². The normalized spacial score (nSPS) is 13.1. The van der Waals surface area contributed by atoms with E-state index < -0.39 is 0 Å². The van der Waals surface area contributed by atoms with Gasteiger partial charge in [0.05, 0.1) is 0 Å². The number of aromatic hydroxyl groups is 1. The Bertz CT molecular complexity index is 1070. The molecule has 0 saturated carbocycles. The third-order valence-electron chi connectivity index (χ3n) is 6.15. The summed E-state index contributed by atoms with van der Waals surface area (Å²) in [7, 11) is 0. The molecule has 187 valence electrons. The van der Waals surface area contributed by atoms with Crippen LogP contribution in [0.2, 0.25) is 0 Å². The molecule has 35 heavy (non-hydrogen) atoms. The smallest absolute Gasteiger partial charge is 0.0146 e. The van der Waals surface area contributed by atoms with Crippen LogP contribution in [0.4, 0.5) is 11.4 Å². The maximum atomic E-state index is 4.49. The van der Waals surface area contributed by atoms with Gasteiger partial charge in [-0.3, -0.25) is 0 Å². The van der Waals surface area contributed by atoms with E-state index >= 15 is 0 Å². The Labute approximate surface area is 222 Å². The molecule has 3 aromatic carbocycles. The molecule has 0 radical (unpaired) electrons. The summed E-state index contributed by atoms with van der Waals surface area (Å²) in [5, 5.41) is 0. The van der Waals surface area contributed by atoms with Crippen LogP contribution >= 0.6 is 0 Å². The second-order valence-corrected chi connectivity index (χ2v) is 10.4. The number of nitrogens with zero attached hydrogens (tertiary/aromatic N) is 2. The Morgan fingerprint density at radius 3 is 1.60 bits per heavy atom. The van der Waals surface area contributed by atoms with Crippen molar-refractivity contribution in [3.63, 3.8) is 0 Å². The number of para-hydroxylation sites is 1. The fourth-order valence-corrected chi connectivity index (χ4v) is 5.48. The van der Waals surface area contributed by atoms with Gasteiger partial charge in [-0.2, -0.15) is 6.67 Å². The molecule has 0 atom stereocenters. The van der Waals surface area contributed by atoms with Crippen molar-refractivity contribution >= 4 is 16.0 Å². The number of rotatable bonds is 5. The molecule has 0 aliphatic carbocycles. The SMILES string of the molecule is CC(C)[OH+]c1ccccc1[CH]=[Ru+].Cc1cc(C)c(N2[CH-]N(c3c(C)cc(C)cc3C)CC2)c(C)c1. The first-order valence-electron chi connectivity index (χ1n) is 12.4. The summed E-state index contributed by atoms with van der Waals surface area (Å²) in [5.41, 5.74) is 12.0. The fraction of sp³-hybridized carbons (Fsp3) is 0.355. The molecule has 1 saturated heterocycles. The quantitative estimate of drug-likeness (QED) is 0.191. The molecule has 4 heteroatoms. The summed E-state index contributed by atoms with van der Waals surface area (Å²) in [5.74, 6) is 1.08. The van der Waals surface area contributed by atoms with E-state index in [1.807, 2.05) is 22.8 Å². The minimum atomic E-state index is 0.359. The zero-order valence-electron chi connectivity index (χ0n) is 22.5.